The second-order valence-corrected chi connectivity index (χ2v) is 4.03. The molecule has 88 valence electrons. The molecular formula is C14H17N3. The van der Waals surface area contributed by atoms with E-state index in [1.54, 1.807) is 6.20 Å². The summed E-state index contributed by atoms with van der Waals surface area (Å²) in [6.45, 7) is 0. The van der Waals surface area contributed by atoms with Crippen molar-refractivity contribution in [3.63, 3.8) is 0 Å². The molecule has 3 nitrogen and oxygen atoms in total. The van der Waals surface area contributed by atoms with Crippen molar-refractivity contribution in [2.24, 2.45) is 5.84 Å². The highest BCUT2D eigenvalue weighted by atomic mass is 15.2. The van der Waals surface area contributed by atoms with Crippen molar-refractivity contribution in [3.8, 4) is 0 Å². The maximum absolute atomic E-state index is 5.59. The Morgan fingerprint density at radius 1 is 1.12 bits per heavy atom. The van der Waals surface area contributed by atoms with Crippen LogP contribution in [0.15, 0.2) is 54.9 Å². The molecule has 1 heterocycles. The Balaban J connectivity index is 1.97. The van der Waals surface area contributed by atoms with Gasteiger partial charge in [0.15, 0.2) is 0 Å². The highest BCUT2D eigenvalue weighted by molar-refractivity contribution is 5.17. The van der Waals surface area contributed by atoms with Gasteiger partial charge in [-0.1, -0.05) is 36.4 Å². The third-order valence-corrected chi connectivity index (χ3v) is 2.85. The molecule has 0 spiro atoms. The first kappa shape index (κ1) is 11.8. The van der Waals surface area contributed by atoms with Crippen molar-refractivity contribution in [2.45, 2.75) is 18.9 Å². The van der Waals surface area contributed by atoms with Gasteiger partial charge in [0.1, 0.15) is 0 Å². The SMILES string of the molecule is NNC(CCc1ccccc1)c1cccnc1. The molecular weight excluding hydrogens is 210 g/mol. The van der Waals surface area contributed by atoms with Gasteiger partial charge in [-0.15, -0.1) is 0 Å². The van der Waals surface area contributed by atoms with Crippen molar-refractivity contribution < 1.29 is 0 Å². The van der Waals surface area contributed by atoms with E-state index in [1.807, 2.05) is 24.4 Å². The number of aromatic nitrogens is 1. The Kier molecular flexibility index (Phi) is 4.24. The fourth-order valence-corrected chi connectivity index (χ4v) is 1.88. The number of hydrogen-bond acceptors (Lipinski definition) is 3. The zero-order chi connectivity index (χ0) is 11.9. The lowest BCUT2D eigenvalue weighted by molar-refractivity contribution is 0.515. The van der Waals surface area contributed by atoms with E-state index in [9.17, 15) is 0 Å². The lowest BCUT2D eigenvalue weighted by Gasteiger charge is -2.15. The summed E-state index contributed by atoms with van der Waals surface area (Å²) in [5.41, 5.74) is 5.31. The first-order valence-corrected chi connectivity index (χ1v) is 5.80. The first-order chi connectivity index (χ1) is 8.40. The molecule has 1 aromatic carbocycles. The molecule has 0 radical (unpaired) electrons. The highest BCUT2D eigenvalue weighted by Gasteiger charge is 2.09. The average Bonchev–Trinajstić information content (AvgIpc) is 2.42. The van der Waals surface area contributed by atoms with Gasteiger partial charge < -0.3 is 0 Å². The minimum Gasteiger partial charge on any atom is -0.271 e. The van der Waals surface area contributed by atoms with Gasteiger partial charge in [0.2, 0.25) is 0 Å². The standard InChI is InChI=1S/C14H17N3/c15-17-14(13-7-4-10-16-11-13)9-8-12-5-2-1-3-6-12/h1-7,10-11,14,17H,8-9,15H2. The zero-order valence-electron chi connectivity index (χ0n) is 9.71. The molecule has 0 amide bonds. The van der Waals surface area contributed by atoms with Gasteiger partial charge in [-0.3, -0.25) is 16.3 Å². The number of hydrogen-bond donors (Lipinski definition) is 2. The molecule has 17 heavy (non-hydrogen) atoms. The summed E-state index contributed by atoms with van der Waals surface area (Å²) < 4.78 is 0. The van der Waals surface area contributed by atoms with E-state index in [0.717, 1.165) is 18.4 Å². The fraction of sp³-hybridized carbons (Fsp3) is 0.214. The molecule has 2 rings (SSSR count). The van der Waals surface area contributed by atoms with Crippen LogP contribution in [-0.2, 0) is 6.42 Å². The van der Waals surface area contributed by atoms with Gasteiger partial charge in [0.25, 0.3) is 0 Å². The monoisotopic (exact) mass is 227 g/mol. The number of nitrogens with two attached hydrogens (primary N) is 1. The number of pyridine rings is 1. The predicted octanol–water partition coefficient (Wildman–Crippen LogP) is 2.22. The second-order valence-electron chi connectivity index (χ2n) is 4.03. The fourth-order valence-electron chi connectivity index (χ4n) is 1.88. The summed E-state index contributed by atoms with van der Waals surface area (Å²) in [4.78, 5) is 4.11. The van der Waals surface area contributed by atoms with E-state index >= 15 is 0 Å². The first-order valence-electron chi connectivity index (χ1n) is 5.80. The Morgan fingerprint density at radius 3 is 2.59 bits per heavy atom. The molecule has 3 N–H and O–H groups in total. The molecule has 0 aliphatic rings. The summed E-state index contributed by atoms with van der Waals surface area (Å²) in [5.74, 6) is 5.59. The van der Waals surface area contributed by atoms with Crippen LogP contribution in [-0.4, -0.2) is 4.98 Å². The van der Waals surface area contributed by atoms with Crippen molar-refractivity contribution in [3.05, 3.63) is 66.0 Å². The maximum atomic E-state index is 5.59. The lowest BCUT2D eigenvalue weighted by atomic mass is 10.0. The van der Waals surface area contributed by atoms with Crippen molar-refractivity contribution in [1.82, 2.24) is 10.4 Å². The Bertz CT molecular complexity index is 428. The lowest BCUT2D eigenvalue weighted by Crippen LogP contribution is -2.28. The van der Waals surface area contributed by atoms with E-state index in [4.69, 9.17) is 5.84 Å². The Hall–Kier alpha value is -1.71. The third kappa shape index (κ3) is 3.37. The molecule has 1 aromatic heterocycles. The summed E-state index contributed by atoms with van der Waals surface area (Å²) >= 11 is 0. The van der Waals surface area contributed by atoms with Crippen LogP contribution in [0.25, 0.3) is 0 Å². The molecule has 0 saturated carbocycles. The summed E-state index contributed by atoms with van der Waals surface area (Å²) in [6.07, 6.45) is 5.60. The predicted molar refractivity (Wildman–Crippen MR) is 69.1 cm³/mol. The molecule has 0 saturated heterocycles. The maximum Gasteiger partial charge on any atom is 0.0478 e. The van der Waals surface area contributed by atoms with Gasteiger partial charge in [0, 0.05) is 18.4 Å². The number of aryl methyl sites for hydroxylation is 1. The van der Waals surface area contributed by atoms with E-state index in [2.05, 4.69) is 34.7 Å². The van der Waals surface area contributed by atoms with Crippen molar-refractivity contribution >= 4 is 0 Å². The number of nitrogens with zero attached hydrogens (tertiary/aromatic N) is 1. The van der Waals surface area contributed by atoms with Crippen LogP contribution in [0.5, 0.6) is 0 Å². The average molecular weight is 227 g/mol. The van der Waals surface area contributed by atoms with Crippen LogP contribution >= 0.6 is 0 Å². The zero-order valence-corrected chi connectivity index (χ0v) is 9.71. The van der Waals surface area contributed by atoms with E-state index in [-0.39, 0.29) is 6.04 Å². The smallest absolute Gasteiger partial charge is 0.0478 e. The second kappa shape index (κ2) is 6.13. The number of benzene rings is 1. The van der Waals surface area contributed by atoms with Crippen LogP contribution < -0.4 is 11.3 Å². The molecule has 2 aromatic rings. The molecule has 0 fully saturated rings. The van der Waals surface area contributed by atoms with Gasteiger partial charge in [0.05, 0.1) is 0 Å². The molecule has 1 atom stereocenters. The van der Waals surface area contributed by atoms with E-state index in [0.29, 0.717) is 0 Å². The number of nitrogens with one attached hydrogen (secondary N) is 1. The van der Waals surface area contributed by atoms with Crippen LogP contribution in [0.2, 0.25) is 0 Å². The largest absolute Gasteiger partial charge is 0.271 e. The van der Waals surface area contributed by atoms with E-state index in [1.165, 1.54) is 5.56 Å². The number of rotatable bonds is 5. The van der Waals surface area contributed by atoms with E-state index < -0.39 is 0 Å². The summed E-state index contributed by atoms with van der Waals surface area (Å²) in [6, 6.07) is 14.6. The van der Waals surface area contributed by atoms with Crippen LogP contribution in [0.1, 0.15) is 23.6 Å². The molecule has 0 aliphatic carbocycles. The highest BCUT2D eigenvalue weighted by Crippen LogP contribution is 2.17. The molecule has 1 unspecified atom stereocenters. The minimum atomic E-state index is 0.156. The van der Waals surface area contributed by atoms with Crippen LogP contribution in [0.4, 0.5) is 0 Å². The summed E-state index contributed by atoms with van der Waals surface area (Å²) in [7, 11) is 0. The topological polar surface area (TPSA) is 50.9 Å². The quantitative estimate of drug-likeness (QED) is 0.608. The van der Waals surface area contributed by atoms with Crippen LogP contribution in [0.3, 0.4) is 0 Å². The normalized spacial score (nSPS) is 12.3. The third-order valence-electron chi connectivity index (χ3n) is 2.85. The van der Waals surface area contributed by atoms with Gasteiger partial charge in [-0.25, -0.2) is 0 Å². The van der Waals surface area contributed by atoms with Gasteiger partial charge in [-0.2, -0.15) is 0 Å². The summed E-state index contributed by atoms with van der Waals surface area (Å²) in [5, 5.41) is 0. The van der Waals surface area contributed by atoms with Crippen molar-refractivity contribution in [2.75, 3.05) is 0 Å². The van der Waals surface area contributed by atoms with Gasteiger partial charge >= 0.3 is 0 Å². The van der Waals surface area contributed by atoms with Crippen molar-refractivity contribution in [1.29, 1.82) is 0 Å². The Labute approximate surface area is 102 Å². The van der Waals surface area contributed by atoms with Crippen LogP contribution in [0, 0.1) is 0 Å². The number of hydrazine groups is 1. The molecule has 0 aliphatic heterocycles. The van der Waals surface area contributed by atoms with Gasteiger partial charge in [-0.05, 0) is 30.0 Å². The molecule has 3 heteroatoms. The minimum absolute atomic E-state index is 0.156. The Morgan fingerprint density at radius 2 is 1.94 bits per heavy atom. The molecule has 0 bridgehead atoms.